The summed E-state index contributed by atoms with van der Waals surface area (Å²) in [5, 5.41) is 0.426. The van der Waals surface area contributed by atoms with Gasteiger partial charge in [0.2, 0.25) is 0 Å². The summed E-state index contributed by atoms with van der Waals surface area (Å²) >= 11 is 5.74. The molecule has 0 fully saturated rings. The molecule has 0 spiro atoms. The summed E-state index contributed by atoms with van der Waals surface area (Å²) in [6.07, 6.45) is -1.89. The van der Waals surface area contributed by atoms with Crippen LogP contribution in [0.4, 0.5) is 8.78 Å². The quantitative estimate of drug-likeness (QED) is 0.665. The molecule has 0 N–H and O–H groups in total. The highest BCUT2D eigenvalue weighted by Gasteiger charge is 2.13. The molecule has 12 heavy (non-hydrogen) atoms. The Hall–Kier alpha value is -0.630. The molecule has 0 aliphatic carbocycles. The van der Waals surface area contributed by atoms with Crippen LogP contribution in [0.5, 0.6) is 0 Å². The van der Waals surface area contributed by atoms with Crippen LogP contribution in [0.3, 0.4) is 0 Å². The first-order valence-corrected chi connectivity index (χ1v) is 4.10. The Morgan fingerprint density at radius 1 is 1.42 bits per heavy atom. The average molecular weight is 191 g/mol. The van der Waals surface area contributed by atoms with Crippen molar-refractivity contribution in [2.45, 2.75) is 19.8 Å². The Morgan fingerprint density at radius 3 is 2.50 bits per heavy atom. The van der Waals surface area contributed by atoms with Crippen molar-refractivity contribution in [3.63, 3.8) is 0 Å². The van der Waals surface area contributed by atoms with Gasteiger partial charge in [-0.25, -0.2) is 8.78 Å². The SMILES string of the molecule is CCc1c(Cl)cccc1C(F)F. The first-order valence-electron chi connectivity index (χ1n) is 3.72. The summed E-state index contributed by atoms with van der Waals surface area (Å²) in [5.41, 5.74) is 0.596. The van der Waals surface area contributed by atoms with Crippen molar-refractivity contribution < 1.29 is 8.78 Å². The molecule has 1 aromatic rings. The fourth-order valence-electron chi connectivity index (χ4n) is 1.15. The molecule has 0 saturated heterocycles. The molecule has 1 rings (SSSR count). The largest absolute Gasteiger partial charge is 0.264 e. The standard InChI is InChI=1S/C9H9ClF2/c1-2-6-7(9(11)12)4-3-5-8(6)10/h3-5,9H,2H2,1H3. The predicted octanol–water partition coefficient (Wildman–Crippen LogP) is 3.84. The van der Waals surface area contributed by atoms with Crippen LogP contribution in [0.25, 0.3) is 0 Å². The number of alkyl halides is 2. The number of benzene rings is 1. The van der Waals surface area contributed by atoms with Crippen molar-refractivity contribution >= 4 is 11.6 Å². The Bertz CT molecular complexity index is 271. The average Bonchev–Trinajstić information content (AvgIpc) is 2.03. The summed E-state index contributed by atoms with van der Waals surface area (Å²) < 4.78 is 24.7. The van der Waals surface area contributed by atoms with E-state index in [-0.39, 0.29) is 5.56 Å². The van der Waals surface area contributed by atoms with Gasteiger partial charge in [0.05, 0.1) is 0 Å². The molecule has 66 valence electrons. The number of hydrogen-bond donors (Lipinski definition) is 0. The lowest BCUT2D eigenvalue weighted by Gasteiger charge is -2.07. The van der Waals surface area contributed by atoms with Gasteiger partial charge in [0.15, 0.2) is 0 Å². The lowest BCUT2D eigenvalue weighted by molar-refractivity contribution is 0.150. The van der Waals surface area contributed by atoms with Crippen LogP contribution in [0.2, 0.25) is 5.02 Å². The van der Waals surface area contributed by atoms with Crippen molar-refractivity contribution in [2.75, 3.05) is 0 Å². The Balaban J connectivity index is 3.18. The molecule has 0 aliphatic heterocycles. The zero-order valence-electron chi connectivity index (χ0n) is 6.65. The lowest BCUT2D eigenvalue weighted by Crippen LogP contribution is -1.93. The van der Waals surface area contributed by atoms with E-state index in [9.17, 15) is 8.78 Å². The molecule has 0 bridgehead atoms. The highest BCUT2D eigenvalue weighted by molar-refractivity contribution is 6.31. The van der Waals surface area contributed by atoms with Gasteiger partial charge in [-0.3, -0.25) is 0 Å². The van der Waals surface area contributed by atoms with Gasteiger partial charge in [-0.1, -0.05) is 30.7 Å². The normalized spacial score (nSPS) is 10.8. The van der Waals surface area contributed by atoms with Gasteiger partial charge in [0.1, 0.15) is 0 Å². The molecule has 1 aromatic carbocycles. The van der Waals surface area contributed by atoms with E-state index in [0.29, 0.717) is 17.0 Å². The van der Waals surface area contributed by atoms with Crippen molar-refractivity contribution in [1.82, 2.24) is 0 Å². The minimum atomic E-state index is -2.43. The van der Waals surface area contributed by atoms with Gasteiger partial charge in [0, 0.05) is 10.6 Å². The van der Waals surface area contributed by atoms with Crippen LogP contribution in [0.1, 0.15) is 24.5 Å². The van der Waals surface area contributed by atoms with Crippen LogP contribution in [-0.2, 0) is 6.42 Å². The molecule has 0 aliphatic rings. The van der Waals surface area contributed by atoms with Gasteiger partial charge in [0.25, 0.3) is 6.43 Å². The van der Waals surface area contributed by atoms with Crippen molar-refractivity contribution in [3.8, 4) is 0 Å². The molecule has 3 heteroatoms. The first-order chi connectivity index (χ1) is 5.66. The minimum absolute atomic E-state index is 0.0463. The summed E-state index contributed by atoms with van der Waals surface area (Å²) in [6, 6.07) is 4.59. The maximum atomic E-state index is 12.3. The highest BCUT2D eigenvalue weighted by Crippen LogP contribution is 2.28. The topological polar surface area (TPSA) is 0 Å². The smallest absolute Gasteiger partial charge is 0.205 e. The van der Waals surface area contributed by atoms with Gasteiger partial charge in [-0.2, -0.15) is 0 Å². The monoisotopic (exact) mass is 190 g/mol. The van der Waals surface area contributed by atoms with Crippen LogP contribution in [0, 0.1) is 0 Å². The molecule has 0 unspecified atom stereocenters. The molecular formula is C9H9ClF2. The van der Waals surface area contributed by atoms with E-state index < -0.39 is 6.43 Å². The Labute approximate surface area is 75.2 Å². The fraction of sp³-hybridized carbons (Fsp3) is 0.333. The number of rotatable bonds is 2. The van der Waals surface area contributed by atoms with Crippen LogP contribution in [0.15, 0.2) is 18.2 Å². The summed E-state index contributed by atoms with van der Waals surface area (Å²) in [4.78, 5) is 0. The second-order valence-corrected chi connectivity index (χ2v) is 2.87. The van der Waals surface area contributed by atoms with E-state index >= 15 is 0 Å². The van der Waals surface area contributed by atoms with E-state index in [4.69, 9.17) is 11.6 Å². The van der Waals surface area contributed by atoms with E-state index in [1.54, 1.807) is 12.1 Å². The van der Waals surface area contributed by atoms with E-state index in [1.165, 1.54) is 6.07 Å². The molecule has 0 saturated carbocycles. The number of hydrogen-bond acceptors (Lipinski definition) is 0. The molecule has 0 amide bonds. The molecule has 0 radical (unpaired) electrons. The van der Waals surface area contributed by atoms with Crippen molar-refractivity contribution in [3.05, 3.63) is 34.3 Å². The van der Waals surface area contributed by atoms with Gasteiger partial charge in [-0.05, 0) is 18.1 Å². The second-order valence-electron chi connectivity index (χ2n) is 2.46. The van der Waals surface area contributed by atoms with E-state index in [2.05, 4.69) is 0 Å². The van der Waals surface area contributed by atoms with E-state index in [0.717, 1.165) is 0 Å². The molecule has 0 atom stereocenters. The predicted molar refractivity (Wildman–Crippen MR) is 45.8 cm³/mol. The zero-order valence-corrected chi connectivity index (χ0v) is 7.41. The highest BCUT2D eigenvalue weighted by atomic mass is 35.5. The Kier molecular flexibility index (Phi) is 3.04. The first kappa shape index (κ1) is 9.46. The third kappa shape index (κ3) is 1.75. The third-order valence-corrected chi connectivity index (χ3v) is 2.10. The maximum absolute atomic E-state index is 12.3. The fourth-order valence-corrected chi connectivity index (χ4v) is 1.47. The van der Waals surface area contributed by atoms with Crippen molar-refractivity contribution in [1.29, 1.82) is 0 Å². The minimum Gasteiger partial charge on any atom is -0.205 e. The Morgan fingerprint density at radius 2 is 2.08 bits per heavy atom. The summed E-state index contributed by atoms with van der Waals surface area (Å²) in [5.74, 6) is 0. The maximum Gasteiger partial charge on any atom is 0.264 e. The zero-order chi connectivity index (χ0) is 9.14. The van der Waals surface area contributed by atoms with E-state index in [1.807, 2.05) is 6.92 Å². The second kappa shape index (κ2) is 3.85. The van der Waals surface area contributed by atoms with Crippen LogP contribution >= 0.6 is 11.6 Å². The number of halogens is 3. The lowest BCUT2D eigenvalue weighted by atomic mass is 10.1. The summed E-state index contributed by atoms with van der Waals surface area (Å²) in [7, 11) is 0. The van der Waals surface area contributed by atoms with Crippen molar-refractivity contribution in [2.24, 2.45) is 0 Å². The van der Waals surface area contributed by atoms with Crippen LogP contribution in [-0.4, -0.2) is 0 Å². The van der Waals surface area contributed by atoms with Gasteiger partial charge < -0.3 is 0 Å². The van der Waals surface area contributed by atoms with Gasteiger partial charge >= 0.3 is 0 Å². The van der Waals surface area contributed by atoms with Gasteiger partial charge in [-0.15, -0.1) is 0 Å². The molecular weight excluding hydrogens is 182 g/mol. The third-order valence-electron chi connectivity index (χ3n) is 1.74. The molecule has 0 aromatic heterocycles. The molecule has 0 nitrogen and oxygen atoms in total. The molecule has 0 heterocycles. The van der Waals surface area contributed by atoms with Crippen LogP contribution < -0.4 is 0 Å². The summed E-state index contributed by atoms with van der Waals surface area (Å²) in [6.45, 7) is 1.81.